The molecule has 0 saturated carbocycles. The van der Waals surface area contributed by atoms with E-state index in [0.717, 1.165) is 25.1 Å². The van der Waals surface area contributed by atoms with Crippen LogP contribution < -0.4 is 0 Å². The molecule has 5 nitrogen and oxygen atoms in total. The number of benzene rings is 1. The molecule has 0 aliphatic rings. The van der Waals surface area contributed by atoms with E-state index in [1.807, 2.05) is 43.4 Å². The zero-order valence-corrected chi connectivity index (χ0v) is 14.3. The summed E-state index contributed by atoms with van der Waals surface area (Å²) in [5, 5.41) is 8.64. The van der Waals surface area contributed by atoms with Crippen LogP contribution in [0.15, 0.2) is 42.9 Å². The largest absolute Gasteiger partial charge is 0.302 e. The zero-order valence-electron chi connectivity index (χ0n) is 14.3. The summed E-state index contributed by atoms with van der Waals surface area (Å²) in [5.41, 5.74) is 3.50. The third-order valence-corrected chi connectivity index (χ3v) is 4.01. The van der Waals surface area contributed by atoms with Gasteiger partial charge in [-0.25, -0.2) is 4.39 Å². The Morgan fingerprint density at radius 3 is 2.62 bits per heavy atom. The molecule has 0 saturated heterocycles. The molecule has 0 fully saturated rings. The third kappa shape index (κ3) is 3.71. The second kappa shape index (κ2) is 6.97. The molecule has 1 aromatic carbocycles. The van der Waals surface area contributed by atoms with Crippen LogP contribution in [0.25, 0.3) is 11.3 Å². The highest BCUT2D eigenvalue weighted by atomic mass is 19.1. The lowest BCUT2D eigenvalue weighted by Crippen LogP contribution is -2.20. The van der Waals surface area contributed by atoms with Crippen molar-refractivity contribution in [3.05, 3.63) is 59.8 Å². The Morgan fingerprint density at radius 1 is 1.12 bits per heavy atom. The fourth-order valence-electron chi connectivity index (χ4n) is 2.82. The van der Waals surface area contributed by atoms with Crippen molar-refractivity contribution in [2.45, 2.75) is 13.0 Å². The minimum atomic E-state index is -0.240. The standard InChI is InChI=1S/C18H22FN5/c1-22(9-8-14-10-20-23(2)11-14)12-15-13-24(3)21-18(15)16-6-4-5-7-17(16)19/h4-7,10-11,13H,8-9,12H2,1-3H3. The number of rotatable bonds is 6. The van der Waals surface area contributed by atoms with E-state index in [0.29, 0.717) is 11.3 Å². The first-order chi connectivity index (χ1) is 11.5. The quantitative estimate of drug-likeness (QED) is 0.699. The first-order valence-electron chi connectivity index (χ1n) is 7.96. The van der Waals surface area contributed by atoms with Crippen molar-refractivity contribution in [1.29, 1.82) is 0 Å². The summed E-state index contributed by atoms with van der Waals surface area (Å²) in [4.78, 5) is 2.22. The lowest BCUT2D eigenvalue weighted by atomic mass is 10.1. The first-order valence-corrected chi connectivity index (χ1v) is 7.96. The molecule has 0 aliphatic heterocycles. The van der Waals surface area contributed by atoms with Gasteiger partial charge in [0.25, 0.3) is 0 Å². The zero-order chi connectivity index (χ0) is 17.1. The van der Waals surface area contributed by atoms with Gasteiger partial charge < -0.3 is 4.90 Å². The Hall–Kier alpha value is -2.47. The molecule has 2 aromatic heterocycles. The van der Waals surface area contributed by atoms with Crippen molar-refractivity contribution in [1.82, 2.24) is 24.5 Å². The van der Waals surface area contributed by atoms with E-state index in [2.05, 4.69) is 22.1 Å². The second-order valence-electron chi connectivity index (χ2n) is 6.17. The van der Waals surface area contributed by atoms with E-state index in [-0.39, 0.29) is 5.82 Å². The minimum absolute atomic E-state index is 0.240. The van der Waals surface area contributed by atoms with Gasteiger partial charge in [0, 0.05) is 50.7 Å². The van der Waals surface area contributed by atoms with Crippen molar-refractivity contribution in [2.75, 3.05) is 13.6 Å². The number of hydrogen-bond acceptors (Lipinski definition) is 3. The second-order valence-corrected chi connectivity index (χ2v) is 6.17. The van der Waals surface area contributed by atoms with Gasteiger partial charge in [0.15, 0.2) is 0 Å². The van der Waals surface area contributed by atoms with Crippen LogP contribution >= 0.6 is 0 Å². The lowest BCUT2D eigenvalue weighted by Gasteiger charge is -2.16. The van der Waals surface area contributed by atoms with Crippen molar-refractivity contribution < 1.29 is 4.39 Å². The van der Waals surface area contributed by atoms with Crippen molar-refractivity contribution >= 4 is 0 Å². The maximum absolute atomic E-state index is 14.1. The van der Waals surface area contributed by atoms with Gasteiger partial charge >= 0.3 is 0 Å². The normalized spacial score (nSPS) is 11.4. The topological polar surface area (TPSA) is 38.9 Å². The van der Waals surface area contributed by atoms with Crippen LogP contribution in [0.4, 0.5) is 4.39 Å². The van der Waals surface area contributed by atoms with Crippen molar-refractivity contribution in [3.63, 3.8) is 0 Å². The molecule has 24 heavy (non-hydrogen) atoms. The monoisotopic (exact) mass is 327 g/mol. The van der Waals surface area contributed by atoms with Gasteiger partial charge in [-0.3, -0.25) is 9.36 Å². The molecule has 3 aromatic rings. The molecule has 6 heteroatoms. The number of hydrogen-bond donors (Lipinski definition) is 0. The molecule has 0 bridgehead atoms. The predicted octanol–water partition coefficient (Wildman–Crippen LogP) is 2.63. The van der Waals surface area contributed by atoms with Crippen LogP contribution in [0.1, 0.15) is 11.1 Å². The average Bonchev–Trinajstić information content (AvgIpc) is 3.11. The maximum Gasteiger partial charge on any atom is 0.132 e. The molecule has 126 valence electrons. The van der Waals surface area contributed by atoms with Gasteiger partial charge in [-0.2, -0.15) is 10.2 Å². The van der Waals surface area contributed by atoms with Crippen LogP contribution in [0.3, 0.4) is 0 Å². The Kier molecular flexibility index (Phi) is 4.76. The predicted molar refractivity (Wildman–Crippen MR) is 91.8 cm³/mol. The van der Waals surface area contributed by atoms with Gasteiger partial charge in [0.05, 0.1) is 11.9 Å². The minimum Gasteiger partial charge on any atom is -0.302 e. The summed E-state index contributed by atoms with van der Waals surface area (Å²) in [6.07, 6.45) is 6.81. The molecule has 0 spiro atoms. The van der Waals surface area contributed by atoms with E-state index in [4.69, 9.17) is 0 Å². The highest BCUT2D eigenvalue weighted by molar-refractivity contribution is 5.63. The van der Waals surface area contributed by atoms with Crippen molar-refractivity contribution in [2.24, 2.45) is 14.1 Å². The Morgan fingerprint density at radius 2 is 1.92 bits per heavy atom. The van der Waals surface area contributed by atoms with E-state index in [1.54, 1.807) is 16.8 Å². The Labute approximate surface area is 141 Å². The van der Waals surface area contributed by atoms with Crippen LogP contribution in [0.2, 0.25) is 0 Å². The number of aromatic nitrogens is 4. The SMILES string of the molecule is CN(CCc1cnn(C)c1)Cc1cn(C)nc1-c1ccccc1F. The third-order valence-electron chi connectivity index (χ3n) is 4.01. The highest BCUT2D eigenvalue weighted by Gasteiger charge is 2.15. The maximum atomic E-state index is 14.1. The lowest BCUT2D eigenvalue weighted by molar-refractivity contribution is 0.331. The fraction of sp³-hybridized carbons (Fsp3) is 0.333. The molecule has 0 radical (unpaired) electrons. The molecule has 0 unspecified atom stereocenters. The van der Waals surface area contributed by atoms with Crippen LogP contribution in [-0.4, -0.2) is 38.1 Å². The van der Waals surface area contributed by atoms with Gasteiger partial charge in [0.1, 0.15) is 5.82 Å². The van der Waals surface area contributed by atoms with E-state index >= 15 is 0 Å². The fourth-order valence-corrected chi connectivity index (χ4v) is 2.82. The number of halogens is 1. The molecule has 0 N–H and O–H groups in total. The molecule has 0 amide bonds. The summed E-state index contributed by atoms with van der Waals surface area (Å²) in [7, 11) is 5.85. The molecular formula is C18H22FN5. The van der Waals surface area contributed by atoms with Gasteiger partial charge in [-0.05, 0) is 31.2 Å². The highest BCUT2D eigenvalue weighted by Crippen LogP contribution is 2.25. The van der Waals surface area contributed by atoms with E-state index in [1.165, 1.54) is 11.6 Å². The first kappa shape index (κ1) is 16.4. The Balaban J connectivity index is 1.72. The van der Waals surface area contributed by atoms with Gasteiger partial charge in [0.2, 0.25) is 0 Å². The number of likely N-dealkylation sites (N-methyl/N-ethyl adjacent to an activating group) is 1. The summed E-state index contributed by atoms with van der Waals surface area (Å²) in [6, 6.07) is 6.78. The van der Waals surface area contributed by atoms with E-state index < -0.39 is 0 Å². The molecule has 3 rings (SSSR count). The average molecular weight is 327 g/mol. The summed E-state index contributed by atoms with van der Waals surface area (Å²) in [6.45, 7) is 1.62. The summed E-state index contributed by atoms with van der Waals surface area (Å²) < 4.78 is 17.7. The number of aryl methyl sites for hydroxylation is 2. The van der Waals surface area contributed by atoms with E-state index in [9.17, 15) is 4.39 Å². The van der Waals surface area contributed by atoms with Crippen LogP contribution in [-0.2, 0) is 27.1 Å². The number of nitrogens with zero attached hydrogens (tertiary/aromatic N) is 5. The van der Waals surface area contributed by atoms with Crippen LogP contribution in [0, 0.1) is 5.82 Å². The Bertz CT molecular complexity index is 820. The van der Waals surface area contributed by atoms with Crippen LogP contribution in [0.5, 0.6) is 0 Å². The van der Waals surface area contributed by atoms with Crippen molar-refractivity contribution in [3.8, 4) is 11.3 Å². The summed E-state index contributed by atoms with van der Waals surface area (Å²) in [5.74, 6) is -0.240. The molecule has 0 aliphatic carbocycles. The summed E-state index contributed by atoms with van der Waals surface area (Å²) >= 11 is 0. The molecule has 0 atom stereocenters. The van der Waals surface area contributed by atoms with Gasteiger partial charge in [-0.1, -0.05) is 12.1 Å². The molecular weight excluding hydrogens is 305 g/mol. The molecule has 2 heterocycles. The van der Waals surface area contributed by atoms with Gasteiger partial charge in [-0.15, -0.1) is 0 Å². The smallest absolute Gasteiger partial charge is 0.132 e.